The molecule has 0 heterocycles. The lowest BCUT2D eigenvalue weighted by Gasteiger charge is -2.32. The third-order valence-corrected chi connectivity index (χ3v) is 7.89. The van der Waals surface area contributed by atoms with Crippen LogP contribution in [0.25, 0.3) is 0 Å². The predicted molar refractivity (Wildman–Crippen MR) is 142 cm³/mol. The third-order valence-electron chi connectivity index (χ3n) is 5.75. The van der Waals surface area contributed by atoms with Crippen LogP contribution in [0.3, 0.4) is 0 Å². The predicted octanol–water partition coefficient (Wildman–Crippen LogP) is 4.62. The van der Waals surface area contributed by atoms with Crippen LogP contribution in [0.1, 0.15) is 25.8 Å². The molecule has 1 N–H and O–H groups in total. The van der Waals surface area contributed by atoms with E-state index in [9.17, 15) is 22.4 Å². The van der Waals surface area contributed by atoms with Crippen molar-refractivity contribution in [3.63, 3.8) is 0 Å². The van der Waals surface area contributed by atoms with Crippen molar-refractivity contribution < 1.29 is 22.4 Å². The van der Waals surface area contributed by atoms with Crippen LogP contribution in [0.15, 0.2) is 83.8 Å². The molecule has 0 aliphatic rings. The highest BCUT2D eigenvalue weighted by atomic mass is 35.5. The number of para-hydroxylation sites is 1. The molecule has 0 saturated carbocycles. The minimum atomic E-state index is -4.33. The first kappa shape index (κ1) is 28.1. The average Bonchev–Trinajstić information content (AvgIpc) is 2.90. The monoisotopic (exact) mass is 545 g/mol. The van der Waals surface area contributed by atoms with Crippen molar-refractivity contribution >= 4 is 39.1 Å². The first-order valence-corrected chi connectivity index (χ1v) is 13.6. The molecular formula is C27H29ClFN3O4S. The fourth-order valence-corrected chi connectivity index (χ4v) is 5.31. The Bertz CT molecular complexity index is 1340. The van der Waals surface area contributed by atoms with Crippen LogP contribution in [0, 0.1) is 5.82 Å². The maximum absolute atomic E-state index is 14.9. The van der Waals surface area contributed by atoms with Gasteiger partial charge >= 0.3 is 0 Å². The second-order valence-electron chi connectivity index (χ2n) is 8.36. The van der Waals surface area contributed by atoms with Gasteiger partial charge in [-0.25, -0.2) is 12.8 Å². The van der Waals surface area contributed by atoms with Gasteiger partial charge in [-0.1, -0.05) is 67.1 Å². The minimum absolute atomic E-state index is 0.0459. The van der Waals surface area contributed by atoms with Crippen molar-refractivity contribution in [3.05, 3.63) is 95.3 Å². The number of halogens is 2. The minimum Gasteiger partial charge on any atom is -0.354 e. The summed E-state index contributed by atoms with van der Waals surface area (Å²) in [5, 5.41) is 3.15. The molecule has 7 nitrogen and oxygen atoms in total. The zero-order valence-corrected chi connectivity index (χ0v) is 22.2. The van der Waals surface area contributed by atoms with E-state index in [4.69, 9.17) is 11.6 Å². The van der Waals surface area contributed by atoms with E-state index in [2.05, 4.69) is 5.32 Å². The van der Waals surface area contributed by atoms with E-state index >= 15 is 0 Å². The van der Waals surface area contributed by atoms with Gasteiger partial charge in [-0.15, -0.1) is 0 Å². The molecule has 0 fully saturated rings. The number of hydrogen-bond donors (Lipinski definition) is 1. The first-order chi connectivity index (χ1) is 17.7. The van der Waals surface area contributed by atoms with E-state index < -0.39 is 40.2 Å². The summed E-state index contributed by atoms with van der Waals surface area (Å²) in [5.74, 6) is -1.89. The summed E-state index contributed by atoms with van der Waals surface area (Å²) in [5.41, 5.74) is 0.302. The molecule has 0 bridgehead atoms. The Morgan fingerprint density at radius 2 is 1.59 bits per heavy atom. The molecule has 2 amide bonds. The van der Waals surface area contributed by atoms with Crippen LogP contribution in [0.4, 0.5) is 10.1 Å². The summed E-state index contributed by atoms with van der Waals surface area (Å²) >= 11 is 6.32. The zero-order chi connectivity index (χ0) is 27.0. The molecule has 3 aromatic rings. The van der Waals surface area contributed by atoms with Gasteiger partial charge in [-0.2, -0.15) is 0 Å². The fourth-order valence-electron chi connectivity index (χ4n) is 3.68. The summed E-state index contributed by atoms with van der Waals surface area (Å²) in [4.78, 5) is 27.7. The number of carbonyl (C=O) groups is 2. The van der Waals surface area contributed by atoms with Crippen LogP contribution < -0.4 is 9.62 Å². The topological polar surface area (TPSA) is 86.8 Å². The quantitative estimate of drug-likeness (QED) is 0.381. The summed E-state index contributed by atoms with van der Waals surface area (Å²) in [6.45, 7) is 3.10. The van der Waals surface area contributed by atoms with Gasteiger partial charge in [-0.05, 0) is 49.2 Å². The van der Waals surface area contributed by atoms with E-state index in [1.54, 1.807) is 37.3 Å². The molecule has 3 aromatic carbocycles. The van der Waals surface area contributed by atoms with Gasteiger partial charge in [0, 0.05) is 18.1 Å². The molecule has 0 aliphatic carbocycles. The van der Waals surface area contributed by atoms with Gasteiger partial charge in [0.1, 0.15) is 18.4 Å². The fraction of sp³-hybridized carbons (Fsp3) is 0.259. The molecule has 0 radical (unpaired) electrons. The summed E-state index contributed by atoms with van der Waals surface area (Å²) in [7, 11) is -4.33. The Balaban J connectivity index is 2.03. The zero-order valence-electron chi connectivity index (χ0n) is 20.6. The van der Waals surface area contributed by atoms with Gasteiger partial charge in [-0.3, -0.25) is 13.9 Å². The van der Waals surface area contributed by atoms with Crippen LogP contribution >= 0.6 is 11.6 Å². The number of benzene rings is 3. The van der Waals surface area contributed by atoms with E-state index in [1.165, 1.54) is 47.4 Å². The number of carbonyl (C=O) groups excluding carboxylic acids is 2. The molecule has 0 unspecified atom stereocenters. The van der Waals surface area contributed by atoms with Crippen LogP contribution in [0.2, 0.25) is 5.02 Å². The van der Waals surface area contributed by atoms with Crippen LogP contribution in [-0.2, 0) is 26.2 Å². The normalized spacial score (nSPS) is 12.0. The molecule has 3 rings (SSSR count). The van der Waals surface area contributed by atoms with E-state index in [-0.39, 0.29) is 17.1 Å². The molecule has 0 aromatic heterocycles. The van der Waals surface area contributed by atoms with Crippen molar-refractivity contribution in [2.45, 2.75) is 37.8 Å². The van der Waals surface area contributed by atoms with Gasteiger partial charge in [0.25, 0.3) is 10.0 Å². The molecule has 0 aliphatic heterocycles. The van der Waals surface area contributed by atoms with Crippen LogP contribution in [0.5, 0.6) is 0 Å². The van der Waals surface area contributed by atoms with Crippen molar-refractivity contribution in [2.24, 2.45) is 0 Å². The lowest BCUT2D eigenvalue weighted by molar-refractivity contribution is -0.139. The number of rotatable bonds is 11. The molecule has 0 saturated heterocycles. The number of amides is 2. The lowest BCUT2D eigenvalue weighted by Crippen LogP contribution is -2.51. The van der Waals surface area contributed by atoms with Crippen molar-refractivity contribution in [1.29, 1.82) is 0 Å². The first-order valence-electron chi connectivity index (χ1n) is 11.8. The number of anilines is 1. The Labute approximate surface area is 221 Å². The van der Waals surface area contributed by atoms with E-state index in [0.717, 1.165) is 10.4 Å². The van der Waals surface area contributed by atoms with E-state index in [1.807, 2.05) is 6.92 Å². The highest BCUT2D eigenvalue weighted by Crippen LogP contribution is 2.27. The van der Waals surface area contributed by atoms with Gasteiger partial charge in [0.05, 0.1) is 10.6 Å². The van der Waals surface area contributed by atoms with Crippen molar-refractivity contribution in [1.82, 2.24) is 10.2 Å². The largest absolute Gasteiger partial charge is 0.354 e. The summed E-state index contributed by atoms with van der Waals surface area (Å²) in [6, 6.07) is 18.7. The highest BCUT2D eigenvalue weighted by Gasteiger charge is 2.33. The second kappa shape index (κ2) is 12.7. The Kier molecular flexibility index (Phi) is 9.66. The number of sulfonamides is 1. The SMILES string of the molecule is CCCNC(=O)[C@@H](C)N(Cc1ccccc1Cl)C(=O)CN(c1ccccc1F)S(=O)(=O)c1ccccc1. The van der Waals surface area contributed by atoms with Crippen molar-refractivity contribution in [2.75, 3.05) is 17.4 Å². The second-order valence-corrected chi connectivity index (χ2v) is 10.6. The maximum atomic E-state index is 14.9. The Morgan fingerprint density at radius 3 is 2.24 bits per heavy atom. The van der Waals surface area contributed by atoms with Gasteiger partial charge in [0.15, 0.2) is 0 Å². The number of nitrogens with one attached hydrogen (secondary N) is 1. The third kappa shape index (κ3) is 6.87. The molecule has 0 spiro atoms. The van der Waals surface area contributed by atoms with Crippen LogP contribution in [-0.4, -0.2) is 44.3 Å². The Morgan fingerprint density at radius 1 is 0.973 bits per heavy atom. The average molecular weight is 546 g/mol. The molecule has 10 heteroatoms. The number of nitrogens with zero attached hydrogens (tertiary/aromatic N) is 2. The summed E-state index contributed by atoms with van der Waals surface area (Å²) < 4.78 is 42.8. The standard InChI is InChI=1S/C27H29ClFN3O4S/c1-3-17-30-27(34)20(2)31(18-21-11-7-8-14-23(21)28)26(33)19-32(25-16-10-9-15-24(25)29)37(35,36)22-12-5-4-6-13-22/h4-16,20H,3,17-19H2,1-2H3,(H,30,34)/t20-/m1/s1. The molecule has 196 valence electrons. The van der Waals surface area contributed by atoms with Gasteiger partial charge < -0.3 is 10.2 Å². The van der Waals surface area contributed by atoms with Gasteiger partial charge in [0.2, 0.25) is 11.8 Å². The molecular weight excluding hydrogens is 517 g/mol. The lowest BCUT2D eigenvalue weighted by atomic mass is 10.1. The summed E-state index contributed by atoms with van der Waals surface area (Å²) in [6.07, 6.45) is 0.702. The maximum Gasteiger partial charge on any atom is 0.264 e. The number of hydrogen-bond acceptors (Lipinski definition) is 4. The molecule has 37 heavy (non-hydrogen) atoms. The Hall–Kier alpha value is -3.43. The van der Waals surface area contributed by atoms with Crippen molar-refractivity contribution in [3.8, 4) is 0 Å². The smallest absolute Gasteiger partial charge is 0.264 e. The highest BCUT2D eigenvalue weighted by molar-refractivity contribution is 7.92. The molecule has 1 atom stereocenters. The van der Waals surface area contributed by atoms with E-state index in [0.29, 0.717) is 23.6 Å².